The number of likely N-dealkylation sites (tertiary alicyclic amines) is 1. The Morgan fingerprint density at radius 1 is 1.40 bits per heavy atom. The number of carbonyl (C=O) groups excluding carboxylic acids is 1. The normalized spacial score (nSPS) is 19.6. The van der Waals surface area contributed by atoms with Crippen LogP contribution in [-0.2, 0) is 6.54 Å². The Morgan fingerprint density at radius 3 is 2.92 bits per heavy atom. The van der Waals surface area contributed by atoms with E-state index in [-0.39, 0.29) is 18.1 Å². The Morgan fingerprint density at radius 2 is 2.20 bits per heavy atom. The summed E-state index contributed by atoms with van der Waals surface area (Å²) in [6.45, 7) is 3.26. The van der Waals surface area contributed by atoms with Gasteiger partial charge in [-0.1, -0.05) is 30.3 Å². The van der Waals surface area contributed by atoms with E-state index < -0.39 is 6.10 Å². The Kier molecular flexibility index (Phi) is 5.65. The molecule has 1 aliphatic heterocycles. The van der Waals surface area contributed by atoms with E-state index in [0.717, 1.165) is 24.9 Å². The van der Waals surface area contributed by atoms with Crippen molar-refractivity contribution in [3.05, 3.63) is 48.5 Å². The molecule has 0 spiro atoms. The van der Waals surface area contributed by atoms with Gasteiger partial charge in [0, 0.05) is 18.6 Å². The Hall–Kier alpha value is -2.41. The van der Waals surface area contributed by atoms with Gasteiger partial charge in [0.25, 0.3) is 0 Å². The summed E-state index contributed by atoms with van der Waals surface area (Å²) in [5.74, 6) is 0. The first kappa shape index (κ1) is 17.4. The number of carbonyl (C=O) groups is 1. The molecule has 0 aliphatic carbocycles. The maximum absolute atomic E-state index is 12.6. The second kappa shape index (κ2) is 8.11. The Labute approximate surface area is 147 Å². The molecular weight excluding hydrogens is 318 g/mol. The van der Waals surface area contributed by atoms with E-state index in [0.29, 0.717) is 13.0 Å². The van der Waals surface area contributed by atoms with E-state index in [4.69, 9.17) is 0 Å². The predicted octanol–water partition coefficient (Wildman–Crippen LogP) is 1.96. The van der Waals surface area contributed by atoms with Crippen LogP contribution >= 0.6 is 0 Å². The highest BCUT2D eigenvalue weighted by Gasteiger charge is 2.31. The predicted molar refractivity (Wildman–Crippen MR) is 93.8 cm³/mol. The zero-order chi connectivity index (χ0) is 17.6. The van der Waals surface area contributed by atoms with Gasteiger partial charge in [0.1, 0.15) is 12.7 Å². The van der Waals surface area contributed by atoms with Crippen LogP contribution in [0.25, 0.3) is 0 Å². The third-order valence-corrected chi connectivity index (χ3v) is 4.62. The van der Waals surface area contributed by atoms with E-state index in [1.807, 2.05) is 42.2 Å². The molecule has 1 aromatic carbocycles. The van der Waals surface area contributed by atoms with Gasteiger partial charge in [0.15, 0.2) is 0 Å². The number of urea groups is 1. The molecule has 0 radical (unpaired) electrons. The number of amides is 2. The Bertz CT molecular complexity index is 661. The Balaban J connectivity index is 1.54. The highest BCUT2D eigenvalue weighted by molar-refractivity contribution is 5.75. The largest absolute Gasteiger partial charge is 0.388 e. The topological polar surface area (TPSA) is 83.3 Å². The van der Waals surface area contributed by atoms with Crippen molar-refractivity contribution >= 4 is 6.03 Å². The van der Waals surface area contributed by atoms with Gasteiger partial charge < -0.3 is 15.3 Å². The number of aliphatic hydroxyl groups excluding tert-OH is 1. The number of benzene rings is 1. The molecule has 1 saturated heterocycles. The minimum Gasteiger partial charge on any atom is -0.388 e. The average Bonchev–Trinajstić information content (AvgIpc) is 3.27. The van der Waals surface area contributed by atoms with Crippen LogP contribution in [0.4, 0.5) is 4.79 Å². The van der Waals surface area contributed by atoms with Crippen molar-refractivity contribution in [3.8, 4) is 0 Å². The van der Waals surface area contributed by atoms with Crippen molar-refractivity contribution in [3.63, 3.8) is 0 Å². The van der Waals surface area contributed by atoms with Gasteiger partial charge in [0.2, 0.25) is 0 Å². The molecule has 3 unspecified atom stereocenters. The summed E-state index contributed by atoms with van der Waals surface area (Å²) in [6, 6.07) is 9.56. The van der Waals surface area contributed by atoms with Crippen LogP contribution in [0.15, 0.2) is 43.0 Å². The third kappa shape index (κ3) is 4.57. The minimum atomic E-state index is -0.549. The van der Waals surface area contributed by atoms with E-state index in [1.165, 1.54) is 6.33 Å². The lowest BCUT2D eigenvalue weighted by molar-refractivity contribution is 0.125. The van der Waals surface area contributed by atoms with Crippen molar-refractivity contribution in [2.75, 3.05) is 6.54 Å². The van der Waals surface area contributed by atoms with Gasteiger partial charge in [-0.25, -0.2) is 9.78 Å². The van der Waals surface area contributed by atoms with Crippen LogP contribution in [0.3, 0.4) is 0 Å². The molecule has 7 heteroatoms. The van der Waals surface area contributed by atoms with E-state index in [2.05, 4.69) is 15.4 Å². The van der Waals surface area contributed by atoms with Gasteiger partial charge >= 0.3 is 6.03 Å². The minimum absolute atomic E-state index is 0.0468. The second-order valence-electron chi connectivity index (χ2n) is 6.62. The first-order valence-electron chi connectivity index (χ1n) is 8.76. The SMILES string of the molecule is CC(Cn1cncn1)NC(=O)N1CCCC1CC(O)c1ccccc1. The fourth-order valence-corrected chi connectivity index (χ4v) is 3.36. The van der Waals surface area contributed by atoms with Crippen molar-refractivity contribution in [2.24, 2.45) is 0 Å². The van der Waals surface area contributed by atoms with Gasteiger partial charge in [-0.2, -0.15) is 5.10 Å². The summed E-state index contributed by atoms with van der Waals surface area (Å²) in [7, 11) is 0. The number of nitrogens with zero attached hydrogens (tertiary/aromatic N) is 4. The summed E-state index contributed by atoms with van der Waals surface area (Å²) in [6.07, 6.45) is 5.03. The van der Waals surface area contributed by atoms with Gasteiger partial charge in [-0.15, -0.1) is 0 Å². The van der Waals surface area contributed by atoms with E-state index in [1.54, 1.807) is 11.0 Å². The van der Waals surface area contributed by atoms with E-state index >= 15 is 0 Å². The molecule has 25 heavy (non-hydrogen) atoms. The lowest BCUT2D eigenvalue weighted by Gasteiger charge is -2.28. The molecule has 2 amide bonds. The van der Waals surface area contributed by atoms with Crippen molar-refractivity contribution < 1.29 is 9.90 Å². The summed E-state index contributed by atoms with van der Waals surface area (Å²) in [5.41, 5.74) is 0.898. The molecule has 3 rings (SSSR count). The molecule has 1 fully saturated rings. The van der Waals surface area contributed by atoms with Crippen molar-refractivity contribution in [1.82, 2.24) is 25.0 Å². The van der Waals surface area contributed by atoms with Gasteiger partial charge in [-0.3, -0.25) is 4.68 Å². The first-order valence-corrected chi connectivity index (χ1v) is 8.76. The summed E-state index contributed by atoms with van der Waals surface area (Å²) in [5, 5.41) is 17.5. The lowest BCUT2D eigenvalue weighted by Crippen LogP contribution is -2.47. The molecule has 3 atom stereocenters. The highest BCUT2D eigenvalue weighted by atomic mass is 16.3. The molecule has 134 valence electrons. The number of nitrogens with one attached hydrogen (secondary N) is 1. The van der Waals surface area contributed by atoms with Crippen LogP contribution in [0.2, 0.25) is 0 Å². The number of hydrogen-bond acceptors (Lipinski definition) is 4. The maximum atomic E-state index is 12.6. The zero-order valence-electron chi connectivity index (χ0n) is 14.5. The summed E-state index contributed by atoms with van der Waals surface area (Å²) >= 11 is 0. The summed E-state index contributed by atoms with van der Waals surface area (Å²) in [4.78, 5) is 18.4. The summed E-state index contributed by atoms with van der Waals surface area (Å²) < 4.78 is 1.70. The molecule has 0 bridgehead atoms. The van der Waals surface area contributed by atoms with Crippen LogP contribution < -0.4 is 5.32 Å². The molecule has 2 N–H and O–H groups in total. The third-order valence-electron chi connectivity index (χ3n) is 4.62. The van der Waals surface area contributed by atoms with Crippen LogP contribution in [0.1, 0.15) is 37.9 Å². The van der Waals surface area contributed by atoms with Crippen LogP contribution in [-0.4, -0.2) is 49.4 Å². The highest BCUT2D eigenvalue weighted by Crippen LogP contribution is 2.27. The number of hydrogen-bond donors (Lipinski definition) is 2. The van der Waals surface area contributed by atoms with Crippen LogP contribution in [0.5, 0.6) is 0 Å². The molecule has 1 aromatic heterocycles. The quantitative estimate of drug-likeness (QED) is 0.840. The fraction of sp³-hybridized carbons (Fsp3) is 0.500. The first-order chi connectivity index (χ1) is 12.1. The van der Waals surface area contributed by atoms with E-state index in [9.17, 15) is 9.90 Å². The fourth-order valence-electron chi connectivity index (χ4n) is 3.36. The molecule has 2 aromatic rings. The van der Waals surface area contributed by atoms with Crippen LogP contribution in [0, 0.1) is 0 Å². The smallest absolute Gasteiger partial charge is 0.317 e. The number of aliphatic hydroxyl groups is 1. The van der Waals surface area contributed by atoms with Gasteiger partial charge in [-0.05, 0) is 31.7 Å². The molecular formula is C18H25N5O2. The van der Waals surface area contributed by atoms with Gasteiger partial charge in [0.05, 0.1) is 12.6 Å². The molecule has 7 nitrogen and oxygen atoms in total. The molecule has 2 heterocycles. The molecule has 1 aliphatic rings. The second-order valence-corrected chi connectivity index (χ2v) is 6.62. The number of aromatic nitrogens is 3. The van der Waals surface area contributed by atoms with Crippen molar-refractivity contribution in [2.45, 2.75) is 50.9 Å². The average molecular weight is 343 g/mol. The lowest BCUT2D eigenvalue weighted by atomic mass is 10.0. The number of rotatable bonds is 6. The zero-order valence-corrected chi connectivity index (χ0v) is 14.5. The molecule has 0 saturated carbocycles. The standard InChI is InChI=1S/C18H25N5O2/c1-14(11-22-13-19-12-20-22)21-18(25)23-9-5-8-16(23)10-17(24)15-6-3-2-4-7-15/h2-4,6-7,12-14,16-17,24H,5,8-11H2,1H3,(H,21,25). The maximum Gasteiger partial charge on any atom is 0.317 e. The van der Waals surface area contributed by atoms with Crippen molar-refractivity contribution in [1.29, 1.82) is 0 Å². The monoisotopic (exact) mass is 343 g/mol.